The van der Waals surface area contributed by atoms with Crippen molar-refractivity contribution in [3.63, 3.8) is 0 Å². The Morgan fingerprint density at radius 2 is 2.17 bits per heavy atom. The van der Waals surface area contributed by atoms with Gasteiger partial charge in [-0.1, -0.05) is 6.92 Å². The Morgan fingerprint density at radius 1 is 1.50 bits per heavy atom. The maximum absolute atomic E-state index is 11.7. The Bertz CT molecular complexity index is 312. The maximum atomic E-state index is 11.7. The van der Waals surface area contributed by atoms with Gasteiger partial charge in [-0.3, -0.25) is 4.79 Å². The Morgan fingerprint density at radius 3 is 2.67 bits per heavy atom. The molecule has 0 aliphatic rings. The number of nitrogens with one attached hydrogen (secondary N) is 1. The van der Waals surface area contributed by atoms with Gasteiger partial charge in [0.15, 0.2) is 0 Å². The molecule has 0 fully saturated rings. The number of aliphatic carboxylic acids is 1. The summed E-state index contributed by atoms with van der Waals surface area (Å²) in [7, 11) is 0. The molecule has 0 saturated carbocycles. The minimum atomic E-state index is -0.822. The van der Waals surface area contributed by atoms with Gasteiger partial charge in [0.25, 0.3) is 0 Å². The van der Waals surface area contributed by atoms with E-state index in [1.54, 1.807) is 4.90 Å². The second-order valence-electron chi connectivity index (χ2n) is 4.21. The monoisotopic (exact) mass is 255 g/mol. The van der Waals surface area contributed by atoms with Crippen LogP contribution in [0.4, 0.5) is 4.79 Å². The largest absolute Gasteiger partial charge is 0.481 e. The third kappa shape index (κ3) is 7.49. The number of nitriles is 1. The van der Waals surface area contributed by atoms with Gasteiger partial charge in [-0.05, 0) is 19.3 Å². The number of hydrogen-bond donors (Lipinski definition) is 2. The zero-order valence-corrected chi connectivity index (χ0v) is 11.0. The predicted molar refractivity (Wildman–Crippen MR) is 66.9 cm³/mol. The van der Waals surface area contributed by atoms with Crippen molar-refractivity contribution in [3.05, 3.63) is 0 Å². The number of carbonyl (C=O) groups is 2. The molecule has 0 heterocycles. The first-order chi connectivity index (χ1) is 8.51. The zero-order valence-electron chi connectivity index (χ0n) is 11.0. The van der Waals surface area contributed by atoms with Crippen molar-refractivity contribution in [3.8, 4) is 6.07 Å². The van der Waals surface area contributed by atoms with Gasteiger partial charge in [-0.2, -0.15) is 5.26 Å². The molecule has 0 spiro atoms. The highest BCUT2D eigenvalue weighted by atomic mass is 16.4. The van der Waals surface area contributed by atoms with Crippen LogP contribution in [0.3, 0.4) is 0 Å². The molecule has 2 N–H and O–H groups in total. The van der Waals surface area contributed by atoms with Crippen LogP contribution in [-0.2, 0) is 4.79 Å². The predicted octanol–water partition coefficient (Wildman–Crippen LogP) is 1.43. The lowest BCUT2D eigenvalue weighted by Gasteiger charge is -2.21. The van der Waals surface area contributed by atoms with Gasteiger partial charge in [-0.25, -0.2) is 4.79 Å². The molecule has 18 heavy (non-hydrogen) atoms. The van der Waals surface area contributed by atoms with Crippen molar-refractivity contribution in [2.45, 2.75) is 33.1 Å². The van der Waals surface area contributed by atoms with Gasteiger partial charge in [0.2, 0.25) is 0 Å². The SMILES string of the molecule is CCN(CCC#N)C(=O)NCC(C)CCC(=O)O. The summed E-state index contributed by atoms with van der Waals surface area (Å²) in [6.45, 7) is 5.17. The molecule has 0 radical (unpaired) electrons. The van der Waals surface area contributed by atoms with Crippen LogP contribution in [0.1, 0.15) is 33.1 Å². The number of hydrogen-bond acceptors (Lipinski definition) is 3. The molecule has 1 atom stereocenters. The van der Waals surface area contributed by atoms with Crippen LogP contribution in [0.25, 0.3) is 0 Å². The second-order valence-corrected chi connectivity index (χ2v) is 4.21. The molecule has 0 aliphatic carbocycles. The summed E-state index contributed by atoms with van der Waals surface area (Å²) in [6.07, 6.45) is 0.971. The van der Waals surface area contributed by atoms with Crippen LogP contribution in [0.15, 0.2) is 0 Å². The molecule has 1 unspecified atom stereocenters. The van der Waals surface area contributed by atoms with Gasteiger partial charge in [0.1, 0.15) is 0 Å². The van der Waals surface area contributed by atoms with E-state index in [2.05, 4.69) is 5.32 Å². The fraction of sp³-hybridized carbons (Fsp3) is 0.750. The van der Waals surface area contributed by atoms with Gasteiger partial charge < -0.3 is 15.3 Å². The Balaban J connectivity index is 3.92. The number of carboxylic acid groups (broad SMARTS) is 1. The van der Waals surface area contributed by atoms with Crippen molar-refractivity contribution in [2.75, 3.05) is 19.6 Å². The fourth-order valence-corrected chi connectivity index (χ4v) is 1.43. The molecule has 0 aromatic carbocycles. The van der Waals surface area contributed by atoms with Gasteiger partial charge in [0.05, 0.1) is 12.5 Å². The van der Waals surface area contributed by atoms with Gasteiger partial charge in [0, 0.05) is 26.1 Å². The number of rotatable bonds is 8. The fourth-order valence-electron chi connectivity index (χ4n) is 1.43. The van der Waals surface area contributed by atoms with Crippen LogP contribution >= 0.6 is 0 Å². The lowest BCUT2D eigenvalue weighted by molar-refractivity contribution is -0.137. The van der Waals surface area contributed by atoms with E-state index in [1.165, 1.54) is 0 Å². The first-order valence-corrected chi connectivity index (χ1v) is 6.12. The Labute approximate surface area is 108 Å². The highest BCUT2D eigenvalue weighted by Gasteiger charge is 2.12. The van der Waals surface area contributed by atoms with E-state index in [-0.39, 0.29) is 18.4 Å². The van der Waals surface area contributed by atoms with E-state index in [0.717, 1.165) is 0 Å². The first-order valence-electron chi connectivity index (χ1n) is 6.12. The van der Waals surface area contributed by atoms with Crippen molar-refractivity contribution in [1.82, 2.24) is 10.2 Å². The normalized spacial score (nSPS) is 11.4. The van der Waals surface area contributed by atoms with E-state index in [1.807, 2.05) is 19.9 Å². The number of amides is 2. The highest BCUT2D eigenvalue weighted by molar-refractivity contribution is 5.74. The Hall–Kier alpha value is -1.77. The molecule has 6 nitrogen and oxygen atoms in total. The summed E-state index contributed by atoms with van der Waals surface area (Å²) < 4.78 is 0. The average molecular weight is 255 g/mol. The maximum Gasteiger partial charge on any atom is 0.317 e. The third-order valence-corrected chi connectivity index (χ3v) is 2.62. The van der Waals surface area contributed by atoms with Crippen LogP contribution in [-0.4, -0.2) is 41.6 Å². The second kappa shape index (κ2) is 9.28. The standard InChI is InChI=1S/C12H21N3O3/c1-3-15(8-4-7-13)12(18)14-9-10(2)5-6-11(16)17/h10H,3-6,8-9H2,1-2H3,(H,14,18)(H,16,17). The summed E-state index contributed by atoms with van der Waals surface area (Å²) in [5.74, 6) is -0.697. The lowest BCUT2D eigenvalue weighted by Crippen LogP contribution is -2.41. The molecule has 0 aliphatic heterocycles. The van der Waals surface area contributed by atoms with Crippen molar-refractivity contribution in [1.29, 1.82) is 5.26 Å². The summed E-state index contributed by atoms with van der Waals surface area (Å²) in [4.78, 5) is 23.7. The molecule has 0 bridgehead atoms. The molecular formula is C12H21N3O3. The number of carboxylic acids is 1. The number of nitrogens with zero attached hydrogens (tertiary/aromatic N) is 2. The van der Waals surface area contributed by atoms with E-state index in [0.29, 0.717) is 32.5 Å². The molecule has 2 amide bonds. The number of carbonyl (C=O) groups excluding carboxylic acids is 1. The lowest BCUT2D eigenvalue weighted by atomic mass is 10.1. The van der Waals surface area contributed by atoms with Crippen LogP contribution < -0.4 is 5.32 Å². The quantitative estimate of drug-likeness (QED) is 0.686. The van der Waals surface area contributed by atoms with E-state index in [4.69, 9.17) is 10.4 Å². The minimum Gasteiger partial charge on any atom is -0.481 e. The topological polar surface area (TPSA) is 93.4 Å². The Kier molecular flexibility index (Phi) is 8.37. The van der Waals surface area contributed by atoms with E-state index in [9.17, 15) is 9.59 Å². The van der Waals surface area contributed by atoms with Crippen LogP contribution in [0.2, 0.25) is 0 Å². The summed E-state index contributed by atoms with van der Waals surface area (Å²) >= 11 is 0. The number of urea groups is 1. The van der Waals surface area contributed by atoms with Gasteiger partial charge >= 0.3 is 12.0 Å². The molecule has 0 aromatic rings. The molecule has 0 rings (SSSR count). The van der Waals surface area contributed by atoms with Crippen LogP contribution in [0.5, 0.6) is 0 Å². The van der Waals surface area contributed by atoms with Crippen molar-refractivity contribution < 1.29 is 14.7 Å². The molecular weight excluding hydrogens is 234 g/mol. The van der Waals surface area contributed by atoms with Gasteiger partial charge in [-0.15, -0.1) is 0 Å². The van der Waals surface area contributed by atoms with Crippen LogP contribution in [0, 0.1) is 17.2 Å². The smallest absolute Gasteiger partial charge is 0.317 e. The first kappa shape index (κ1) is 16.2. The minimum absolute atomic E-state index is 0.114. The van der Waals surface area contributed by atoms with E-state index >= 15 is 0 Å². The summed E-state index contributed by atoms with van der Waals surface area (Å²) in [5.41, 5.74) is 0. The summed E-state index contributed by atoms with van der Waals surface area (Å²) in [5, 5.41) is 19.8. The average Bonchev–Trinajstić information content (AvgIpc) is 2.34. The molecule has 0 saturated heterocycles. The molecule has 0 aromatic heterocycles. The molecule has 102 valence electrons. The van der Waals surface area contributed by atoms with E-state index < -0.39 is 5.97 Å². The zero-order chi connectivity index (χ0) is 14.0. The third-order valence-electron chi connectivity index (χ3n) is 2.62. The highest BCUT2D eigenvalue weighted by Crippen LogP contribution is 2.04. The van der Waals surface area contributed by atoms with Crippen molar-refractivity contribution in [2.24, 2.45) is 5.92 Å². The van der Waals surface area contributed by atoms with Crippen molar-refractivity contribution >= 4 is 12.0 Å². The molecule has 6 heteroatoms. The summed E-state index contributed by atoms with van der Waals surface area (Å²) in [6, 6.07) is 1.80.